The van der Waals surface area contributed by atoms with Crippen LogP contribution in [-0.2, 0) is 6.54 Å². The van der Waals surface area contributed by atoms with Crippen LogP contribution in [0.25, 0.3) is 5.69 Å². The summed E-state index contributed by atoms with van der Waals surface area (Å²) in [5, 5.41) is 13.5. The fourth-order valence-electron chi connectivity index (χ4n) is 4.24. The van der Waals surface area contributed by atoms with Crippen LogP contribution in [0.2, 0.25) is 0 Å². The van der Waals surface area contributed by atoms with Crippen LogP contribution in [0.4, 0.5) is 0 Å². The molecule has 8 heteroatoms. The van der Waals surface area contributed by atoms with Gasteiger partial charge in [0.1, 0.15) is 0 Å². The first-order valence-electron chi connectivity index (χ1n) is 10.5. The molecule has 0 saturated carbocycles. The van der Waals surface area contributed by atoms with Gasteiger partial charge in [0.05, 0.1) is 23.3 Å². The van der Waals surface area contributed by atoms with E-state index in [9.17, 15) is 9.90 Å². The molecule has 5 rings (SSSR count). The normalized spacial score (nSPS) is 17.7. The van der Waals surface area contributed by atoms with E-state index in [2.05, 4.69) is 20.2 Å². The third-order valence-corrected chi connectivity index (χ3v) is 6.08. The monoisotopic (exact) mass is 455 g/mol. The molecule has 0 aliphatic carbocycles. The van der Waals surface area contributed by atoms with Crippen LogP contribution in [0, 0.1) is 0 Å². The smallest absolute Gasteiger partial charge is 0.335 e. The Hall–Kier alpha value is -4.04. The molecule has 33 heavy (non-hydrogen) atoms. The van der Waals surface area contributed by atoms with E-state index in [4.69, 9.17) is 12.2 Å². The molecule has 3 aromatic heterocycles. The molecule has 0 spiro atoms. The highest BCUT2D eigenvalue weighted by Gasteiger charge is 2.41. The minimum Gasteiger partial charge on any atom is -0.478 e. The maximum atomic E-state index is 11.5. The Bertz CT molecular complexity index is 1290. The van der Waals surface area contributed by atoms with Crippen molar-refractivity contribution in [3.05, 3.63) is 114 Å². The average molecular weight is 456 g/mol. The van der Waals surface area contributed by atoms with E-state index in [1.165, 1.54) is 0 Å². The van der Waals surface area contributed by atoms with Crippen LogP contribution in [0.5, 0.6) is 0 Å². The highest BCUT2D eigenvalue weighted by atomic mass is 32.1. The SMILES string of the molecule is O=C(O)c1cccc(-n2cccc2[C@@H]2[C@H](c3ccccn3)NC(=S)N2Cc2cccnc2)c1. The second-order valence-corrected chi connectivity index (χ2v) is 8.16. The number of aromatic nitrogens is 3. The zero-order chi connectivity index (χ0) is 22.8. The minimum absolute atomic E-state index is 0.170. The predicted octanol–water partition coefficient (Wildman–Crippen LogP) is 4.14. The summed E-state index contributed by atoms with van der Waals surface area (Å²) >= 11 is 5.76. The molecule has 7 nitrogen and oxygen atoms in total. The van der Waals surface area contributed by atoms with Crippen LogP contribution >= 0.6 is 12.2 Å². The zero-order valence-electron chi connectivity index (χ0n) is 17.6. The van der Waals surface area contributed by atoms with E-state index in [1.807, 2.05) is 65.5 Å². The summed E-state index contributed by atoms with van der Waals surface area (Å²) in [6.07, 6.45) is 7.30. The maximum absolute atomic E-state index is 11.5. The standard InChI is InChI=1S/C25H21N5O2S/c31-24(32)18-7-3-8-19(14-18)29-13-5-10-21(29)23-22(20-9-1-2-12-27-20)28-25(33)30(23)16-17-6-4-11-26-15-17/h1-15,22-23H,16H2,(H,28,33)(H,31,32)/t22-,23+/m0/s1. The Labute approximate surface area is 196 Å². The molecule has 2 N–H and O–H groups in total. The summed E-state index contributed by atoms with van der Waals surface area (Å²) in [4.78, 5) is 22.5. The summed E-state index contributed by atoms with van der Waals surface area (Å²) in [5.74, 6) is -0.959. The molecule has 1 aliphatic rings. The van der Waals surface area contributed by atoms with Crippen LogP contribution in [0.1, 0.15) is 39.4 Å². The van der Waals surface area contributed by atoms with Crippen LogP contribution < -0.4 is 5.32 Å². The molecule has 0 radical (unpaired) electrons. The first-order chi connectivity index (χ1) is 16.1. The van der Waals surface area contributed by atoms with Gasteiger partial charge < -0.3 is 19.9 Å². The van der Waals surface area contributed by atoms with E-state index in [-0.39, 0.29) is 17.6 Å². The van der Waals surface area contributed by atoms with Gasteiger partial charge in [0, 0.05) is 42.7 Å². The number of carboxylic acid groups (broad SMARTS) is 1. The first kappa shape index (κ1) is 20.8. The number of aromatic carboxylic acids is 1. The topological polar surface area (TPSA) is 83.3 Å². The number of pyridine rings is 2. The summed E-state index contributed by atoms with van der Waals surface area (Å²) in [6.45, 7) is 0.577. The molecular formula is C25H21N5O2S. The van der Waals surface area contributed by atoms with Crippen molar-refractivity contribution < 1.29 is 9.90 Å². The second-order valence-electron chi connectivity index (χ2n) is 7.77. The molecule has 0 unspecified atom stereocenters. The van der Waals surface area contributed by atoms with E-state index in [1.54, 1.807) is 30.6 Å². The molecule has 1 fully saturated rings. The minimum atomic E-state index is -0.959. The molecule has 1 aromatic carbocycles. The molecule has 164 valence electrons. The van der Waals surface area contributed by atoms with E-state index >= 15 is 0 Å². The van der Waals surface area contributed by atoms with Crippen molar-refractivity contribution in [1.82, 2.24) is 24.8 Å². The molecule has 1 aliphatic heterocycles. The van der Waals surface area contributed by atoms with Crippen LogP contribution in [0.3, 0.4) is 0 Å². The van der Waals surface area contributed by atoms with Gasteiger partial charge in [0.2, 0.25) is 0 Å². The Balaban J connectivity index is 1.61. The van der Waals surface area contributed by atoms with Crippen molar-refractivity contribution in [3.63, 3.8) is 0 Å². The molecule has 4 heterocycles. The molecule has 4 aromatic rings. The molecule has 0 amide bonds. The molecule has 1 saturated heterocycles. The number of nitrogens with one attached hydrogen (secondary N) is 1. The van der Waals surface area contributed by atoms with Crippen molar-refractivity contribution in [2.75, 3.05) is 0 Å². The van der Waals surface area contributed by atoms with Crippen molar-refractivity contribution in [3.8, 4) is 5.69 Å². The second kappa shape index (κ2) is 8.84. The van der Waals surface area contributed by atoms with Crippen LogP contribution in [-0.4, -0.2) is 35.6 Å². The lowest BCUT2D eigenvalue weighted by atomic mass is 10.0. The Kier molecular flexibility index (Phi) is 5.58. The Morgan fingerprint density at radius 2 is 1.97 bits per heavy atom. The summed E-state index contributed by atoms with van der Waals surface area (Å²) in [6, 6.07) is 20.3. The quantitative estimate of drug-likeness (QED) is 0.423. The Morgan fingerprint density at radius 1 is 1.06 bits per heavy atom. The number of rotatable bonds is 6. The molecule has 0 bridgehead atoms. The van der Waals surface area contributed by atoms with Gasteiger partial charge in [0.15, 0.2) is 5.11 Å². The van der Waals surface area contributed by atoms with Gasteiger partial charge in [-0.3, -0.25) is 9.97 Å². The fraction of sp³-hybridized carbons (Fsp3) is 0.120. The van der Waals surface area contributed by atoms with Gasteiger partial charge in [-0.05, 0) is 66.3 Å². The predicted molar refractivity (Wildman–Crippen MR) is 128 cm³/mol. The number of carbonyl (C=O) groups is 1. The summed E-state index contributed by atoms with van der Waals surface area (Å²) in [5.41, 5.74) is 3.91. The zero-order valence-corrected chi connectivity index (χ0v) is 18.4. The van der Waals surface area contributed by atoms with Crippen molar-refractivity contribution in [1.29, 1.82) is 0 Å². The van der Waals surface area contributed by atoms with Crippen molar-refractivity contribution in [2.24, 2.45) is 0 Å². The van der Waals surface area contributed by atoms with E-state index in [0.29, 0.717) is 11.7 Å². The van der Waals surface area contributed by atoms with Gasteiger partial charge in [-0.2, -0.15) is 0 Å². The first-order valence-corrected chi connectivity index (χ1v) is 10.9. The average Bonchev–Trinajstić information content (AvgIpc) is 3.45. The van der Waals surface area contributed by atoms with E-state index < -0.39 is 5.97 Å². The number of hydrogen-bond acceptors (Lipinski definition) is 4. The third-order valence-electron chi connectivity index (χ3n) is 5.73. The van der Waals surface area contributed by atoms with Gasteiger partial charge in [-0.1, -0.05) is 18.2 Å². The van der Waals surface area contributed by atoms with Crippen molar-refractivity contribution in [2.45, 2.75) is 18.6 Å². The number of thiocarbonyl (C=S) groups is 1. The highest BCUT2D eigenvalue weighted by molar-refractivity contribution is 7.80. The fourth-order valence-corrected chi connectivity index (χ4v) is 4.55. The lowest BCUT2D eigenvalue weighted by Crippen LogP contribution is -2.30. The molecule has 2 atom stereocenters. The van der Waals surface area contributed by atoms with Gasteiger partial charge in [-0.15, -0.1) is 0 Å². The maximum Gasteiger partial charge on any atom is 0.335 e. The van der Waals surface area contributed by atoms with Gasteiger partial charge in [0.25, 0.3) is 0 Å². The van der Waals surface area contributed by atoms with Crippen LogP contribution in [0.15, 0.2) is 91.5 Å². The highest BCUT2D eigenvalue weighted by Crippen LogP contribution is 2.40. The number of benzene rings is 1. The van der Waals surface area contributed by atoms with Gasteiger partial charge >= 0.3 is 5.97 Å². The number of nitrogens with zero attached hydrogens (tertiary/aromatic N) is 4. The van der Waals surface area contributed by atoms with Gasteiger partial charge in [-0.25, -0.2) is 4.79 Å². The lowest BCUT2D eigenvalue weighted by molar-refractivity contribution is 0.0697. The van der Waals surface area contributed by atoms with Crippen molar-refractivity contribution >= 4 is 23.3 Å². The number of hydrogen-bond donors (Lipinski definition) is 2. The van der Waals surface area contributed by atoms with E-state index in [0.717, 1.165) is 22.6 Å². The lowest BCUT2D eigenvalue weighted by Gasteiger charge is -2.29. The molecular weight excluding hydrogens is 434 g/mol. The number of carboxylic acids is 1. The summed E-state index contributed by atoms with van der Waals surface area (Å²) in [7, 11) is 0. The third kappa shape index (κ3) is 4.08. The largest absolute Gasteiger partial charge is 0.478 e. The Morgan fingerprint density at radius 3 is 2.73 bits per heavy atom. The summed E-state index contributed by atoms with van der Waals surface area (Å²) < 4.78 is 2.01.